The summed E-state index contributed by atoms with van der Waals surface area (Å²) in [5.41, 5.74) is 0.606. The number of anilines is 1. The summed E-state index contributed by atoms with van der Waals surface area (Å²) in [6.45, 7) is 0.947. The van der Waals surface area contributed by atoms with Gasteiger partial charge in [0, 0.05) is 24.2 Å². The molecule has 2 aromatic rings. The molecular weight excluding hydrogens is 392 g/mol. The molecule has 3 aliphatic rings. The van der Waals surface area contributed by atoms with Crippen LogP contribution in [0.3, 0.4) is 0 Å². The van der Waals surface area contributed by atoms with E-state index in [1.165, 1.54) is 11.3 Å². The van der Waals surface area contributed by atoms with Crippen molar-refractivity contribution in [3.8, 4) is 11.5 Å². The van der Waals surface area contributed by atoms with E-state index in [2.05, 4.69) is 15.5 Å². The smallest absolute Gasteiger partial charge is 0.286 e. The first-order valence-electron chi connectivity index (χ1n) is 10.0. The molecule has 1 unspecified atom stereocenters. The highest BCUT2D eigenvalue weighted by molar-refractivity contribution is 7.13. The first-order valence-corrected chi connectivity index (χ1v) is 10.9. The van der Waals surface area contributed by atoms with Crippen LogP contribution in [0.25, 0.3) is 0 Å². The van der Waals surface area contributed by atoms with E-state index >= 15 is 0 Å². The first-order chi connectivity index (χ1) is 14.2. The van der Waals surface area contributed by atoms with E-state index in [9.17, 15) is 9.59 Å². The van der Waals surface area contributed by atoms with Gasteiger partial charge in [0.05, 0.1) is 6.04 Å². The van der Waals surface area contributed by atoms with Crippen LogP contribution in [0, 0.1) is 5.92 Å². The van der Waals surface area contributed by atoms with E-state index in [0.29, 0.717) is 17.2 Å². The third-order valence-corrected chi connectivity index (χ3v) is 6.81. The molecule has 9 heteroatoms. The van der Waals surface area contributed by atoms with E-state index in [1.54, 1.807) is 18.2 Å². The SMILES string of the molecule is O=C(Nc1ccc2c(c1)OCO2)c1nnc(C2CCCN2C(=O)C2CCCC2)s1. The van der Waals surface area contributed by atoms with Crippen LogP contribution < -0.4 is 14.8 Å². The summed E-state index contributed by atoms with van der Waals surface area (Å²) in [5, 5.41) is 12.2. The Hall–Kier alpha value is -2.68. The number of rotatable bonds is 4. The van der Waals surface area contributed by atoms with Gasteiger partial charge in [0.15, 0.2) is 11.5 Å². The van der Waals surface area contributed by atoms with Crippen LogP contribution in [0.2, 0.25) is 0 Å². The monoisotopic (exact) mass is 414 g/mol. The van der Waals surface area contributed by atoms with Crippen LogP contribution >= 0.6 is 11.3 Å². The zero-order chi connectivity index (χ0) is 19.8. The van der Waals surface area contributed by atoms with Crippen LogP contribution in [0.1, 0.15) is 59.4 Å². The van der Waals surface area contributed by atoms with Gasteiger partial charge in [-0.2, -0.15) is 0 Å². The topological polar surface area (TPSA) is 93.7 Å². The molecule has 5 rings (SSSR count). The summed E-state index contributed by atoms with van der Waals surface area (Å²) in [4.78, 5) is 27.5. The second-order valence-electron chi connectivity index (χ2n) is 7.64. The fourth-order valence-corrected chi connectivity index (χ4v) is 5.20. The van der Waals surface area contributed by atoms with Crippen LogP contribution in [0.5, 0.6) is 11.5 Å². The van der Waals surface area contributed by atoms with E-state index in [0.717, 1.165) is 50.1 Å². The highest BCUT2D eigenvalue weighted by Gasteiger charge is 2.37. The number of carbonyl (C=O) groups excluding carboxylic acids is 2. The summed E-state index contributed by atoms with van der Waals surface area (Å²) in [5.74, 6) is 1.34. The molecule has 2 aliphatic heterocycles. The molecule has 0 bridgehead atoms. The van der Waals surface area contributed by atoms with Crippen LogP contribution in [-0.2, 0) is 4.79 Å². The predicted octanol–water partition coefficient (Wildman–Crippen LogP) is 3.37. The minimum Gasteiger partial charge on any atom is -0.454 e. The summed E-state index contributed by atoms with van der Waals surface area (Å²) >= 11 is 1.26. The maximum absolute atomic E-state index is 12.9. The molecule has 1 aliphatic carbocycles. The van der Waals surface area contributed by atoms with Gasteiger partial charge in [-0.05, 0) is 37.8 Å². The zero-order valence-electron chi connectivity index (χ0n) is 15.9. The molecule has 1 saturated carbocycles. The number of nitrogens with one attached hydrogen (secondary N) is 1. The molecule has 1 aromatic heterocycles. The Balaban J connectivity index is 1.28. The van der Waals surface area contributed by atoms with Crippen molar-refractivity contribution in [2.24, 2.45) is 5.92 Å². The number of fused-ring (bicyclic) bond motifs is 1. The van der Waals surface area contributed by atoms with E-state index < -0.39 is 0 Å². The number of ether oxygens (including phenoxy) is 2. The van der Waals surface area contributed by atoms with Gasteiger partial charge in [-0.1, -0.05) is 24.2 Å². The summed E-state index contributed by atoms with van der Waals surface area (Å²) in [6, 6.07) is 5.18. The number of amides is 2. The average Bonchev–Trinajstić information content (AvgIpc) is 3.53. The number of carbonyl (C=O) groups is 2. The normalized spacial score (nSPS) is 21.0. The van der Waals surface area contributed by atoms with E-state index in [-0.39, 0.29) is 35.6 Å². The maximum Gasteiger partial charge on any atom is 0.286 e. The molecule has 29 heavy (non-hydrogen) atoms. The molecule has 2 fully saturated rings. The van der Waals surface area contributed by atoms with Crippen molar-refractivity contribution in [1.82, 2.24) is 15.1 Å². The Morgan fingerprint density at radius 2 is 1.90 bits per heavy atom. The summed E-state index contributed by atoms with van der Waals surface area (Å²) in [7, 11) is 0. The maximum atomic E-state index is 12.9. The molecule has 1 saturated heterocycles. The molecule has 152 valence electrons. The Kier molecular flexibility index (Phi) is 4.83. The molecule has 1 aromatic carbocycles. The highest BCUT2D eigenvalue weighted by atomic mass is 32.1. The van der Waals surface area contributed by atoms with Crippen molar-refractivity contribution in [1.29, 1.82) is 0 Å². The highest BCUT2D eigenvalue weighted by Crippen LogP contribution is 2.38. The Morgan fingerprint density at radius 3 is 2.76 bits per heavy atom. The Morgan fingerprint density at radius 1 is 1.07 bits per heavy atom. The fourth-order valence-electron chi connectivity index (χ4n) is 4.31. The van der Waals surface area contributed by atoms with Gasteiger partial charge >= 0.3 is 0 Å². The van der Waals surface area contributed by atoms with Crippen molar-refractivity contribution < 1.29 is 19.1 Å². The Labute approximate surface area is 172 Å². The molecule has 8 nitrogen and oxygen atoms in total. The van der Waals surface area contributed by atoms with Gasteiger partial charge in [-0.15, -0.1) is 10.2 Å². The van der Waals surface area contributed by atoms with Crippen LogP contribution in [-0.4, -0.2) is 40.2 Å². The standard InChI is InChI=1S/C20H22N4O4S/c25-17(21-13-7-8-15-16(10-13)28-11-27-15)19-23-22-18(29-19)14-6-3-9-24(14)20(26)12-4-1-2-5-12/h7-8,10,12,14H,1-6,9,11H2,(H,21,25). The average molecular weight is 414 g/mol. The zero-order valence-corrected chi connectivity index (χ0v) is 16.7. The number of benzene rings is 1. The van der Waals surface area contributed by atoms with Crippen molar-refractivity contribution in [3.05, 3.63) is 28.2 Å². The van der Waals surface area contributed by atoms with Gasteiger partial charge < -0.3 is 19.7 Å². The Bertz CT molecular complexity index is 940. The molecule has 0 radical (unpaired) electrons. The van der Waals surface area contributed by atoms with Crippen LogP contribution in [0.4, 0.5) is 5.69 Å². The predicted molar refractivity (Wildman–Crippen MR) is 106 cm³/mol. The third-order valence-electron chi connectivity index (χ3n) is 5.79. The lowest BCUT2D eigenvalue weighted by Crippen LogP contribution is -2.34. The first kappa shape index (κ1) is 18.4. The lowest BCUT2D eigenvalue weighted by atomic mass is 10.1. The van der Waals surface area contributed by atoms with Crippen molar-refractivity contribution in [3.63, 3.8) is 0 Å². The van der Waals surface area contributed by atoms with Gasteiger partial charge in [0.1, 0.15) is 5.01 Å². The summed E-state index contributed by atoms with van der Waals surface area (Å²) < 4.78 is 10.6. The molecule has 3 heterocycles. The van der Waals surface area contributed by atoms with Crippen molar-refractivity contribution in [2.45, 2.75) is 44.6 Å². The largest absolute Gasteiger partial charge is 0.454 e. The van der Waals surface area contributed by atoms with Gasteiger partial charge in [0.2, 0.25) is 17.7 Å². The van der Waals surface area contributed by atoms with E-state index in [4.69, 9.17) is 9.47 Å². The molecule has 0 spiro atoms. The van der Waals surface area contributed by atoms with Crippen LogP contribution in [0.15, 0.2) is 18.2 Å². The number of likely N-dealkylation sites (tertiary alicyclic amines) is 1. The molecule has 1 N–H and O–H groups in total. The number of hydrogen-bond acceptors (Lipinski definition) is 7. The van der Waals surface area contributed by atoms with Crippen molar-refractivity contribution >= 4 is 28.8 Å². The van der Waals surface area contributed by atoms with Gasteiger partial charge in [-0.3, -0.25) is 9.59 Å². The third kappa shape index (κ3) is 3.55. The second kappa shape index (κ2) is 7.62. The quantitative estimate of drug-likeness (QED) is 0.824. The van der Waals surface area contributed by atoms with Crippen molar-refractivity contribution in [2.75, 3.05) is 18.7 Å². The van der Waals surface area contributed by atoms with Gasteiger partial charge in [-0.25, -0.2) is 0 Å². The van der Waals surface area contributed by atoms with Gasteiger partial charge in [0.25, 0.3) is 5.91 Å². The number of aromatic nitrogens is 2. The second-order valence-corrected chi connectivity index (χ2v) is 8.65. The lowest BCUT2D eigenvalue weighted by molar-refractivity contribution is -0.136. The molecular formula is C20H22N4O4S. The fraction of sp³-hybridized carbons (Fsp3) is 0.500. The minimum absolute atomic E-state index is 0.0623. The molecule has 2 amide bonds. The minimum atomic E-state index is -0.320. The van der Waals surface area contributed by atoms with E-state index in [1.807, 2.05) is 4.90 Å². The number of hydrogen-bond donors (Lipinski definition) is 1. The summed E-state index contributed by atoms with van der Waals surface area (Å²) in [6.07, 6.45) is 6.08. The number of nitrogens with zero attached hydrogens (tertiary/aromatic N) is 3. The lowest BCUT2D eigenvalue weighted by Gasteiger charge is -2.25. The molecule has 1 atom stereocenters.